The molecule has 0 aliphatic heterocycles. The van der Waals surface area contributed by atoms with Gasteiger partial charge in [-0.25, -0.2) is 0 Å². The van der Waals surface area contributed by atoms with E-state index in [4.69, 9.17) is 23.2 Å². The highest BCUT2D eigenvalue weighted by Gasteiger charge is 2.06. The third-order valence-electron chi connectivity index (χ3n) is 2.14. The van der Waals surface area contributed by atoms with E-state index in [-0.39, 0.29) is 5.91 Å². The summed E-state index contributed by atoms with van der Waals surface area (Å²) in [7, 11) is 0. The lowest BCUT2D eigenvalue weighted by molar-refractivity contribution is 0.0957. The molecule has 1 amide bonds. The highest BCUT2D eigenvalue weighted by atomic mass is 35.5. The molecule has 1 aromatic rings. The van der Waals surface area contributed by atoms with E-state index in [2.05, 4.69) is 5.32 Å². The van der Waals surface area contributed by atoms with Crippen LogP contribution in [0.15, 0.2) is 12.1 Å². The molecule has 1 heterocycles. The maximum absolute atomic E-state index is 11.6. The van der Waals surface area contributed by atoms with Gasteiger partial charge in [0.05, 0.1) is 9.21 Å². The lowest BCUT2D eigenvalue weighted by Gasteiger charge is -2.02. The second-order valence-corrected chi connectivity index (χ2v) is 5.56. The summed E-state index contributed by atoms with van der Waals surface area (Å²) < 4.78 is 0.646. The highest BCUT2D eigenvalue weighted by molar-refractivity contribution is 7.17. The van der Waals surface area contributed by atoms with Crippen molar-refractivity contribution in [1.82, 2.24) is 5.32 Å². The molecule has 0 fully saturated rings. The van der Waals surface area contributed by atoms with E-state index in [9.17, 15) is 4.79 Å². The van der Waals surface area contributed by atoms with Gasteiger partial charge in [-0.1, -0.05) is 24.4 Å². The van der Waals surface area contributed by atoms with Gasteiger partial charge in [0, 0.05) is 12.4 Å². The molecule has 5 heteroatoms. The Morgan fingerprint density at radius 2 is 2.00 bits per heavy atom. The van der Waals surface area contributed by atoms with Crippen LogP contribution in [-0.4, -0.2) is 18.3 Å². The maximum atomic E-state index is 11.6. The zero-order valence-electron chi connectivity index (χ0n) is 8.97. The Labute approximate surface area is 110 Å². The molecule has 90 valence electrons. The van der Waals surface area contributed by atoms with Gasteiger partial charge < -0.3 is 5.32 Å². The van der Waals surface area contributed by atoms with Crippen molar-refractivity contribution >= 4 is 40.4 Å². The molecule has 0 spiro atoms. The number of carbonyl (C=O) groups excluding carboxylic acids is 1. The fourth-order valence-corrected chi connectivity index (χ4v) is 2.45. The molecule has 2 nitrogen and oxygen atoms in total. The minimum Gasteiger partial charge on any atom is -0.351 e. The van der Waals surface area contributed by atoms with Crippen LogP contribution in [0.2, 0.25) is 4.34 Å². The van der Waals surface area contributed by atoms with Crippen molar-refractivity contribution in [2.75, 3.05) is 12.4 Å². The van der Waals surface area contributed by atoms with Gasteiger partial charge in [-0.2, -0.15) is 0 Å². The van der Waals surface area contributed by atoms with Crippen LogP contribution in [0.25, 0.3) is 0 Å². The minimum atomic E-state index is -0.0331. The molecule has 0 bridgehead atoms. The average Bonchev–Trinajstić information content (AvgIpc) is 2.70. The number of unbranched alkanes of at least 4 members (excludes halogenated alkanes) is 3. The smallest absolute Gasteiger partial charge is 0.261 e. The fraction of sp³-hybridized carbons (Fsp3) is 0.545. The highest BCUT2D eigenvalue weighted by Crippen LogP contribution is 2.20. The third-order valence-corrected chi connectivity index (χ3v) is 3.64. The first-order valence-corrected chi connectivity index (χ1v) is 7.06. The van der Waals surface area contributed by atoms with Crippen molar-refractivity contribution in [1.29, 1.82) is 0 Å². The topological polar surface area (TPSA) is 29.1 Å². The second kappa shape index (κ2) is 7.93. The Bertz CT molecular complexity index is 328. The normalized spacial score (nSPS) is 10.4. The Morgan fingerprint density at radius 1 is 1.25 bits per heavy atom. The van der Waals surface area contributed by atoms with E-state index in [1.165, 1.54) is 11.3 Å². The average molecular weight is 280 g/mol. The number of hydrogen-bond acceptors (Lipinski definition) is 2. The van der Waals surface area contributed by atoms with Gasteiger partial charge in [0.2, 0.25) is 0 Å². The number of nitrogens with one attached hydrogen (secondary N) is 1. The zero-order chi connectivity index (χ0) is 11.8. The summed E-state index contributed by atoms with van der Waals surface area (Å²) in [6.45, 7) is 0.719. The Morgan fingerprint density at radius 3 is 2.62 bits per heavy atom. The van der Waals surface area contributed by atoms with Gasteiger partial charge in [-0.15, -0.1) is 22.9 Å². The molecule has 0 aliphatic rings. The molecule has 0 saturated heterocycles. The van der Waals surface area contributed by atoms with Crippen molar-refractivity contribution < 1.29 is 4.79 Å². The van der Waals surface area contributed by atoms with E-state index in [0.29, 0.717) is 9.21 Å². The van der Waals surface area contributed by atoms with Crippen LogP contribution >= 0.6 is 34.5 Å². The second-order valence-electron chi connectivity index (χ2n) is 3.46. The molecule has 1 aromatic heterocycles. The Kier molecular flexibility index (Phi) is 6.85. The molecule has 0 saturated carbocycles. The molecule has 1 rings (SSSR count). The molecule has 0 atom stereocenters. The summed E-state index contributed by atoms with van der Waals surface area (Å²) in [4.78, 5) is 12.2. The van der Waals surface area contributed by atoms with Gasteiger partial charge in [-0.3, -0.25) is 4.79 Å². The van der Waals surface area contributed by atoms with Crippen molar-refractivity contribution in [3.05, 3.63) is 21.3 Å². The summed E-state index contributed by atoms with van der Waals surface area (Å²) in [5.74, 6) is 0.689. The first-order valence-electron chi connectivity index (χ1n) is 5.33. The monoisotopic (exact) mass is 279 g/mol. The summed E-state index contributed by atoms with van der Waals surface area (Å²) in [6.07, 6.45) is 4.29. The van der Waals surface area contributed by atoms with Crippen LogP contribution in [-0.2, 0) is 0 Å². The van der Waals surface area contributed by atoms with Crippen LogP contribution in [0, 0.1) is 0 Å². The van der Waals surface area contributed by atoms with Gasteiger partial charge in [0.25, 0.3) is 5.91 Å². The van der Waals surface area contributed by atoms with Crippen LogP contribution in [0.4, 0.5) is 0 Å². The summed E-state index contributed by atoms with van der Waals surface area (Å²) >= 11 is 12.6. The summed E-state index contributed by atoms with van der Waals surface area (Å²) in [6, 6.07) is 3.48. The maximum Gasteiger partial charge on any atom is 0.261 e. The van der Waals surface area contributed by atoms with E-state index < -0.39 is 0 Å². The van der Waals surface area contributed by atoms with Crippen molar-refractivity contribution in [2.45, 2.75) is 25.7 Å². The van der Waals surface area contributed by atoms with Crippen LogP contribution < -0.4 is 5.32 Å². The molecule has 16 heavy (non-hydrogen) atoms. The molecular formula is C11H15Cl2NOS. The molecule has 1 N–H and O–H groups in total. The van der Waals surface area contributed by atoms with Gasteiger partial charge in [0.15, 0.2) is 0 Å². The third kappa shape index (κ3) is 5.19. The first kappa shape index (κ1) is 13.8. The predicted molar refractivity (Wildman–Crippen MR) is 70.9 cm³/mol. The standard InChI is InChI=1S/C11H15Cl2NOS/c12-7-3-1-2-4-8-14-11(15)9-5-6-10(13)16-9/h5-6H,1-4,7-8H2,(H,14,15). The Balaban J connectivity index is 2.11. The quantitative estimate of drug-likeness (QED) is 0.595. The lowest BCUT2D eigenvalue weighted by atomic mass is 10.2. The first-order chi connectivity index (χ1) is 7.74. The van der Waals surface area contributed by atoms with Crippen molar-refractivity contribution in [3.8, 4) is 0 Å². The molecule has 0 unspecified atom stereocenters. The summed E-state index contributed by atoms with van der Waals surface area (Å²) in [5.41, 5.74) is 0. The summed E-state index contributed by atoms with van der Waals surface area (Å²) in [5, 5.41) is 2.87. The largest absolute Gasteiger partial charge is 0.351 e. The number of alkyl halides is 1. The fourth-order valence-electron chi connectivity index (χ4n) is 1.30. The zero-order valence-corrected chi connectivity index (χ0v) is 11.3. The van der Waals surface area contributed by atoms with Gasteiger partial charge >= 0.3 is 0 Å². The van der Waals surface area contributed by atoms with Crippen molar-refractivity contribution in [3.63, 3.8) is 0 Å². The number of thiophene rings is 1. The molecule has 0 radical (unpaired) electrons. The van der Waals surface area contributed by atoms with E-state index in [1.54, 1.807) is 12.1 Å². The van der Waals surface area contributed by atoms with E-state index in [1.807, 2.05) is 0 Å². The number of amides is 1. The van der Waals surface area contributed by atoms with Crippen molar-refractivity contribution in [2.24, 2.45) is 0 Å². The van der Waals surface area contributed by atoms with Crippen LogP contribution in [0.1, 0.15) is 35.4 Å². The number of hydrogen-bond donors (Lipinski definition) is 1. The molecule has 0 aromatic carbocycles. The number of rotatable bonds is 7. The van der Waals surface area contributed by atoms with Gasteiger partial charge in [0.1, 0.15) is 0 Å². The SMILES string of the molecule is O=C(NCCCCCCCl)c1ccc(Cl)s1. The van der Waals surface area contributed by atoms with Gasteiger partial charge in [-0.05, 0) is 25.0 Å². The molecular weight excluding hydrogens is 265 g/mol. The lowest BCUT2D eigenvalue weighted by Crippen LogP contribution is -2.23. The predicted octanol–water partition coefficient (Wildman–Crippen LogP) is 3.93. The van der Waals surface area contributed by atoms with Crippen LogP contribution in [0.5, 0.6) is 0 Å². The Hall–Kier alpha value is -0.250. The van der Waals surface area contributed by atoms with E-state index >= 15 is 0 Å². The van der Waals surface area contributed by atoms with Crippen LogP contribution in [0.3, 0.4) is 0 Å². The minimum absolute atomic E-state index is 0.0331. The number of halogens is 2. The van der Waals surface area contributed by atoms with E-state index in [0.717, 1.165) is 38.1 Å². The molecule has 0 aliphatic carbocycles. The number of carbonyl (C=O) groups is 1.